The highest BCUT2D eigenvalue weighted by molar-refractivity contribution is 7.89. The van der Waals surface area contributed by atoms with E-state index in [0.29, 0.717) is 6.54 Å². The molecule has 0 saturated carbocycles. The third-order valence-electron chi connectivity index (χ3n) is 2.27. The van der Waals surface area contributed by atoms with Crippen molar-refractivity contribution in [1.29, 1.82) is 0 Å². The quantitative estimate of drug-likeness (QED) is 0.518. The molecule has 1 rings (SSSR count). The van der Waals surface area contributed by atoms with E-state index in [-0.39, 0.29) is 29.4 Å². The molecular formula is C8H17N5O4S2. The van der Waals surface area contributed by atoms with Crippen LogP contribution < -0.4 is 15.6 Å². The van der Waals surface area contributed by atoms with E-state index >= 15 is 0 Å². The Kier molecular flexibility index (Phi) is 4.90. The standard InChI is InChI=1S/C8H17N5O4S2/c1-2-13-6-7(8(9)12-13)19(16,17)11-4-3-5-18(10,14)15/h6,11H,2-5H2,1H3,(H2,9,12)(H2,10,14,15). The fraction of sp³-hybridized carbons (Fsp3) is 0.625. The summed E-state index contributed by atoms with van der Waals surface area (Å²) in [6.07, 6.45) is 1.40. The molecule has 1 aromatic rings. The van der Waals surface area contributed by atoms with E-state index < -0.39 is 20.0 Å². The Bertz CT molecular complexity index is 634. The molecule has 0 aliphatic rings. The molecular weight excluding hydrogens is 294 g/mol. The number of sulfonamides is 2. The van der Waals surface area contributed by atoms with Gasteiger partial charge in [-0.3, -0.25) is 4.68 Å². The second kappa shape index (κ2) is 5.86. The first-order chi connectivity index (χ1) is 8.65. The summed E-state index contributed by atoms with van der Waals surface area (Å²) in [6.45, 7) is 2.24. The van der Waals surface area contributed by atoms with E-state index in [1.165, 1.54) is 10.9 Å². The minimum absolute atomic E-state index is 0.0461. The van der Waals surface area contributed by atoms with Gasteiger partial charge in [-0.15, -0.1) is 0 Å². The number of nitrogens with two attached hydrogens (primary N) is 2. The maximum atomic E-state index is 11.9. The third kappa shape index (κ3) is 4.78. The lowest BCUT2D eigenvalue weighted by atomic mass is 10.5. The molecule has 110 valence electrons. The minimum Gasteiger partial charge on any atom is -0.381 e. The molecule has 0 atom stereocenters. The monoisotopic (exact) mass is 311 g/mol. The fourth-order valence-corrected chi connectivity index (χ4v) is 3.04. The van der Waals surface area contributed by atoms with Crippen LogP contribution >= 0.6 is 0 Å². The Morgan fingerprint density at radius 3 is 2.47 bits per heavy atom. The highest BCUT2D eigenvalue weighted by Crippen LogP contribution is 2.15. The molecule has 0 spiro atoms. The largest absolute Gasteiger partial charge is 0.381 e. The Labute approximate surface area is 112 Å². The number of hydrogen-bond donors (Lipinski definition) is 3. The number of nitrogens with one attached hydrogen (secondary N) is 1. The summed E-state index contributed by atoms with van der Waals surface area (Å²) in [5, 5.41) is 8.63. The predicted molar refractivity (Wildman–Crippen MR) is 70.1 cm³/mol. The van der Waals surface area contributed by atoms with Gasteiger partial charge in [-0.25, -0.2) is 26.7 Å². The van der Waals surface area contributed by atoms with Crippen molar-refractivity contribution in [2.45, 2.75) is 24.8 Å². The first kappa shape index (κ1) is 15.9. The predicted octanol–water partition coefficient (Wildman–Crippen LogP) is -1.56. The van der Waals surface area contributed by atoms with Crippen LogP contribution in [0.1, 0.15) is 13.3 Å². The summed E-state index contributed by atoms with van der Waals surface area (Å²) in [5.74, 6) is -0.389. The molecule has 1 heterocycles. The fourth-order valence-electron chi connectivity index (χ4n) is 1.34. The van der Waals surface area contributed by atoms with E-state index in [4.69, 9.17) is 10.9 Å². The van der Waals surface area contributed by atoms with Crippen LogP contribution in [0.5, 0.6) is 0 Å². The van der Waals surface area contributed by atoms with Gasteiger partial charge in [-0.2, -0.15) is 5.10 Å². The summed E-state index contributed by atoms with van der Waals surface area (Å²) in [4.78, 5) is -0.120. The van der Waals surface area contributed by atoms with Gasteiger partial charge >= 0.3 is 0 Å². The lowest BCUT2D eigenvalue weighted by Crippen LogP contribution is -2.27. The van der Waals surface area contributed by atoms with Crippen molar-refractivity contribution >= 4 is 25.9 Å². The molecule has 0 radical (unpaired) electrons. The molecule has 11 heteroatoms. The number of primary sulfonamides is 1. The molecule has 0 aromatic carbocycles. The molecule has 0 amide bonds. The number of rotatable bonds is 7. The van der Waals surface area contributed by atoms with Gasteiger partial charge < -0.3 is 5.73 Å². The number of nitrogens with zero attached hydrogens (tertiary/aromatic N) is 2. The number of aromatic nitrogens is 2. The number of anilines is 1. The highest BCUT2D eigenvalue weighted by atomic mass is 32.2. The molecule has 0 aliphatic heterocycles. The van der Waals surface area contributed by atoms with Crippen LogP contribution in [0.2, 0.25) is 0 Å². The molecule has 9 nitrogen and oxygen atoms in total. The van der Waals surface area contributed by atoms with Crippen LogP contribution in [0.4, 0.5) is 5.82 Å². The van der Waals surface area contributed by atoms with Crippen LogP contribution in [0.15, 0.2) is 11.1 Å². The van der Waals surface area contributed by atoms with Gasteiger partial charge in [0, 0.05) is 19.3 Å². The lowest BCUT2D eigenvalue weighted by Gasteiger charge is -2.04. The zero-order valence-electron chi connectivity index (χ0n) is 10.4. The maximum Gasteiger partial charge on any atom is 0.245 e. The second-order valence-electron chi connectivity index (χ2n) is 3.85. The van der Waals surface area contributed by atoms with Crippen LogP contribution in [-0.4, -0.2) is 38.9 Å². The van der Waals surface area contributed by atoms with E-state index in [9.17, 15) is 16.8 Å². The number of nitrogen functional groups attached to an aromatic ring is 1. The average molecular weight is 311 g/mol. The van der Waals surface area contributed by atoms with Crippen LogP contribution in [0.25, 0.3) is 0 Å². The SMILES string of the molecule is CCn1cc(S(=O)(=O)NCCCS(N)(=O)=O)c(N)n1. The van der Waals surface area contributed by atoms with Gasteiger partial charge in [-0.05, 0) is 13.3 Å². The van der Waals surface area contributed by atoms with Crippen molar-refractivity contribution < 1.29 is 16.8 Å². The summed E-state index contributed by atoms with van der Waals surface area (Å²) in [6, 6.07) is 0. The Morgan fingerprint density at radius 2 is 2.00 bits per heavy atom. The van der Waals surface area contributed by atoms with Gasteiger partial charge in [-0.1, -0.05) is 0 Å². The van der Waals surface area contributed by atoms with E-state index in [2.05, 4.69) is 9.82 Å². The van der Waals surface area contributed by atoms with Gasteiger partial charge in [0.2, 0.25) is 20.0 Å². The summed E-state index contributed by atoms with van der Waals surface area (Å²) >= 11 is 0. The smallest absolute Gasteiger partial charge is 0.245 e. The number of hydrogen-bond acceptors (Lipinski definition) is 6. The van der Waals surface area contributed by atoms with Crippen molar-refractivity contribution in [1.82, 2.24) is 14.5 Å². The first-order valence-electron chi connectivity index (χ1n) is 5.49. The maximum absolute atomic E-state index is 11.9. The van der Waals surface area contributed by atoms with E-state index in [1.54, 1.807) is 6.92 Å². The molecule has 0 fully saturated rings. The van der Waals surface area contributed by atoms with Crippen molar-refractivity contribution in [3.63, 3.8) is 0 Å². The van der Waals surface area contributed by atoms with Crippen molar-refractivity contribution in [3.05, 3.63) is 6.20 Å². The normalized spacial score (nSPS) is 12.7. The van der Waals surface area contributed by atoms with Crippen molar-refractivity contribution in [2.75, 3.05) is 18.0 Å². The van der Waals surface area contributed by atoms with Gasteiger partial charge in [0.25, 0.3) is 0 Å². The van der Waals surface area contributed by atoms with E-state index in [0.717, 1.165) is 0 Å². The van der Waals surface area contributed by atoms with E-state index in [1.807, 2.05) is 0 Å². The molecule has 0 unspecified atom stereocenters. The van der Waals surface area contributed by atoms with Crippen LogP contribution in [0, 0.1) is 0 Å². The Morgan fingerprint density at radius 1 is 1.37 bits per heavy atom. The average Bonchev–Trinajstić information content (AvgIpc) is 2.66. The molecule has 5 N–H and O–H groups in total. The Hall–Kier alpha value is -1.17. The van der Waals surface area contributed by atoms with Crippen LogP contribution in [-0.2, 0) is 26.6 Å². The van der Waals surface area contributed by atoms with Gasteiger partial charge in [0.05, 0.1) is 5.75 Å². The molecule has 0 aliphatic carbocycles. The molecule has 19 heavy (non-hydrogen) atoms. The zero-order valence-corrected chi connectivity index (χ0v) is 12.0. The highest BCUT2D eigenvalue weighted by Gasteiger charge is 2.20. The number of aryl methyl sites for hydroxylation is 1. The van der Waals surface area contributed by atoms with Crippen molar-refractivity contribution in [2.24, 2.45) is 5.14 Å². The Balaban J connectivity index is 2.68. The minimum atomic E-state index is -3.79. The summed E-state index contributed by atoms with van der Waals surface area (Å²) in [7, 11) is -7.38. The molecule has 1 aromatic heterocycles. The summed E-state index contributed by atoms with van der Waals surface area (Å²) < 4.78 is 48.8. The molecule has 0 saturated heterocycles. The van der Waals surface area contributed by atoms with Crippen LogP contribution in [0.3, 0.4) is 0 Å². The van der Waals surface area contributed by atoms with Gasteiger partial charge in [0.1, 0.15) is 4.90 Å². The summed E-state index contributed by atoms with van der Waals surface area (Å²) in [5.41, 5.74) is 5.51. The molecule has 0 bridgehead atoms. The van der Waals surface area contributed by atoms with Crippen molar-refractivity contribution in [3.8, 4) is 0 Å². The second-order valence-corrected chi connectivity index (χ2v) is 7.32. The first-order valence-corrected chi connectivity index (χ1v) is 8.68. The lowest BCUT2D eigenvalue weighted by molar-refractivity contribution is 0.576. The topological polar surface area (TPSA) is 150 Å². The third-order valence-corrected chi connectivity index (χ3v) is 4.60. The zero-order chi connectivity index (χ0) is 14.7. The van der Waals surface area contributed by atoms with Gasteiger partial charge in [0.15, 0.2) is 5.82 Å².